The number of hydrogen-bond donors (Lipinski definition) is 2. The number of benzene rings is 1. The third-order valence-corrected chi connectivity index (χ3v) is 3.95. The molecule has 2 rings (SSSR count). The monoisotopic (exact) mass is 320 g/mol. The van der Waals surface area contributed by atoms with Gasteiger partial charge in [-0.05, 0) is 38.3 Å². The lowest BCUT2D eigenvalue weighted by molar-refractivity contribution is 0.0276. The van der Waals surface area contributed by atoms with Crippen molar-refractivity contribution in [3.63, 3.8) is 0 Å². The number of anilines is 1. The average molecular weight is 320 g/mol. The number of hydrogen-bond acceptors (Lipinski definition) is 3. The summed E-state index contributed by atoms with van der Waals surface area (Å²) in [7, 11) is 0. The molecule has 0 bridgehead atoms. The molecule has 0 radical (unpaired) electrons. The van der Waals surface area contributed by atoms with Crippen molar-refractivity contribution in [1.82, 2.24) is 5.32 Å². The molecule has 2 amide bonds. The maximum Gasteiger partial charge on any atom is 0.319 e. The maximum absolute atomic E-state index is 11.9. The molecular weight excluding hydrogens is 292 g/mol. The van der Waals surface area contributed by atoms with Gasteiger partial charge in [0.2, 0.25) is 0 Å². The topological polar surface area (TPSA) is 59.6 Å². The Kier molecular flexibility index (Phi) is 7.73. The third kappa shape index (κ3) is 6.48. The number of ether oxygens (including phenoxy) is 2. The molecule has 0 saturated heterocycles. The molecule has 1 aliphatic rings. The Hall–Kier alpha value is -1.75. The Morgan fingerprint density at radius 3 is 2.78 bits per heavy atom. The highest BCUT2D eigenvalue weighted by Crippen LogP contribution is 2.23. The summed E-state index contributed by atoms with van der Waals surface area (Å²) in [5, 5.41) is 5.67. The molecule has 1 aliphatic carbocycles. The van der Waals surface area contributed by atoms with Crippen molar-refractivity contribution in [2.24, 2.45) is 0 Å². The van der Waals surface area contributed by atoms with Crippen LogP contribution in [0, 0.1) is 0 Å². The van der Waals surface area contributed by atoms with Gasteiger partial charge >= 0.3 is 6.03 Å². The van der Waals surface area contributed by atoms with E-state index in [0.717, 1.165) is 6.42 Å². The summed E-state index contributed by atoms with van der Waals surface area (Å²) in [4.78, 5) is 11.9. The number of carbonyl (C=O) groups is 1. The Morgan fingerprint density at radius 1 is 1.22 bits per heavy atom. The zero-order chi connectivity index (χ0) is 16.3. The Bertz CT molecular complexity index is 473. The SMILES string of the molecule is CCOc1ccccc1NC(=O)NCCCOC1CCCCC1. The van der Waals surface area contributed by atoms with E-state index in [1.807, 2.05) is 31.2 Å². The largest absolute Gasteiger partial charge is 0.492 e. The quantitative estimate of drug-likeness (QED) is 0.713. The number of amides is 2. The second kappa shape index (κ2) is 10.1. The second-order valence-corrected chi connectivity index (χ2v) is 5.79. The Labute approximate surface area is 138 Å². The molecule has 1 aromatic rings. The molecule has 5 nitrogen and oxygen atoms in total. The fourth-order valence-electron chi connectivity index (χ4n) is 2.77. The molecular formula is C18H28N2O3. The Morgan fingerprint density at radius 2 is 2.00 bits per heavy atom. The van der Waals surface area contributed by atoms with Crippen LogP contribution in [0.15, 0.2) is 24.3 Å². The standard InChI is InChI=1S/C18H28N2O3/c1-2-22-17-12-7-6-11-16(17)20-18(21)19-13-8-14-23-15-9-4-3-5-10-15/h6-7,11-12,15H,2-5,8-10,13-14H2,1H3,(H2,19,20,21). The summed E-state index contributed by atoms with van der Waals surface area (Å²) in [6, 6.07) is 7.22. The van der Waals surface area contributed by atoms with Crippen LogP contribution in [0.3, 0.4) is 0 Å². The van der Waals surface area contributed by atoms with Gasteiger partial charge in [-0.3, -0.25) is 0 Å². The lowest BCUT2D eigenvalue weighted by atomic mass is 9.98. The van der Waals surface area contributed by atoms with Gasteiger partial charge in [-0.25, -0.2) is 4.79 Å². The lowest BCUT2D eigenvalue weighted by Crippen LogP contribution is -2.30. The van der Waals surface area contributed by atoms with Gasteiger partial charge in [0.15, 0.2) is 0 Å². The van der Waals surface area contributed by atoms with Gasteiger partial charge in [-0.1, -0.05) is 31.4 Å². The predicted molar refractivity (Wildman–Crippen MR) is 92.1 cm³/mol. The summed E-state index contributed by atoms with van der Waals surface area (Å²) < 4.78 is 11.3. The van der Waals surface area contributed by atoms with Gasteiger partial charge in [0.1, 0.15) is 5.75 Å². The van der Waals surface area contributed by atoms with E-state index in [2.05, 4.69) is 10.6 Å². The van der Waals surface area contributed by atoms with Crippen LogP contribution in [0.2, 0.25) is 0 Å². The first kappa shape index (κ1) is 17.6. The highest BCUT2D eigenvalue weighted by atomic mass is 16.5. The number of para-hydroxylation sites is 2. The molecule has 23 heavy (non-hydrogen) atoms. The Balaban J connectivity index is 1.61. The van der Waals surface area contributed by atoms with Crippen molar-refractivity contribution in [3.05, 3.63) is 24.3 Å². The van der Waals surface area contributed by atoms with Crippen LogP contribution < -0.4 is 15.4 Å². The fraction of sp³-hybridized carbons (Fsp3) is 0.611. The first-order valence-electron chi connectivity index (χ1n) is 8.68. The minimum Gasteiger partial charge on any atom is -0.492 e. The smallest absolute Gasteiger partial charge is 0.319 e. The molecule has 0 unspecified atom stereocenters. The number of nitrogens with one attached hydrogen (secondary N) is 2. The number of urea groups is 1. The molecule has 2 N–H and O–H groups in total. The normalized spacial score (nSPS) is 15.2. The molecule has 0 aliphatic heterocycles. The molecule has 5 heteroatoms. The summed E-state index contributed by atoms with van der Waals surface area (Å²) in [5.41, 5.74) is 0.685. The van der Waals surface area contributed by atoms with Crippen LogP contribution in [-0.4, -0.2) is 31.9 Å². The van der Waals surface area contributed by atoms with Gasteiger partial charge < -0.3 is 20.1 Å². The highest BCUT2D eigenvalue weighted by molar-refractivity contribution is 5.90. The lowest BCUT2D eigenvalue weighted by Gasteiger charge is -2.21. The summed E-state index contributed by atoms with van der Waals surface area (Å²) in [6.45, 7) is 3.80. The zero-order valence-electron chi connectivity index (χ0n) is 14.0. The van der Waals surface area contributed by atoms with E-state index >= 15 is 0 Å². The average Bonchev–Trinajstić information content (AvgIpc) is 2.57. The molecule has 0 aromatic heterocycles. The van der Waals surface area contributed by atoms with Crippen molar-refractivity contribution in [2.75, 3.05) is 25.1 Å². The van der Waals surface area contributed by atoms with Crippen molar-refractivity contribution >= 4 is 11.7 Å². The minimum absolute atomic E-state index is 0.213. The van der Waals surface area contributed by atoms with Crippen molar-refractivity contribution in [3.8, 4) is 5.75 Å². The highest BCUT2D eigenvalue weighted by Gasteiger charge is 2.13. The van der Waals surface area contributed by atoms with Crippen LogP contribution in [0.25, 0.3) is 0 Å². The van der Waals surface area contributed by atoms with Gasteiger partial charge in [-0.15, -0.1) is 0 Å². The van der Waals surface area contributed by atoms with Crippen LogP contribution in [0.4, 0.5) is 10.5 Å². The summed E-state index contributed by atoms with van der Waals surface area (Å²) in [6.07, 6.45) is 7.52. The number of rotatable bonds is 8. The summed E-state index contributed by atoms with van der Waals surface area (Å²) in [5.74, 6) is 0.686. The van der Waals surface area contributed by atoms with Gasteiger partial charge in [0.25, 0.3) is 0 Å². The molecule has 1 fully saturated rings. The fourth-order valence-corrected chi connectivity index (χ4v) is 2.77. The predicted octanol–water partition coefficient (Wildman–Crippen LogP) is 3.95. The molecule has 1 saturated carbocycles. The van der Waals surface area contributed by atoms with Crippen LogP contribution in [-0.2, 0) is 4.74 Å². The van der Waals surface area contributed by atoms with Gasteiger partial charge in [0, 0.05) is 13.2 Å². The van der Waals surface area contributed by atoms with E-state index in [4.69, 9.17) is 9.47 Å². The van der Waals surface area contributed by atoms with Crippen molar-refractivity contribution in [1.29, 1.82) is 0 Å². The second-order valence-electron chi connectivity index (χ2n) is 5.79. The summed E-state index contributed by atoms with van der Waals surface area (Å²) >= 11 is 0. The van der Waals surface area contributed by atoms with E-state index < -0.39 is 0 Å². The molecule has 1 aromatic carbocycles. The van der Waals surface area contributed by atoms with Crippen molar-refractivity contribution in [2.45, 2.75) is 51.6 Å². The van der Waals surface area contributed by atoms with Gasteiger partial charge in [0.05, 0.1) is 18.4 Å². The van der Waals surface area contributed by atoms with E-state index in [1.54, 1.807) is 0 Å². The molecule has 0 spiro atoms. The zero-order valence-corrected chi connectivity index (χ0v) is 14.0. The first-order valence-corrected chi connectivity index (χ1v) is 8.68. The third-order valence-electron chi connectivity index (χ3n) is 3.95. The molecule has 128 valence electrons. The van der Waals surface area contributed by atoms with Crippen LogP contribution >= 0.6 is 0 Å². The van der Waals surface area contributed by atoms with Gasteiger partial charge in [-0.2, -0.15) is 0 Å². The number of carbonyl (C=O) groups excluding carboxylic acids is 1. The van der Waals surface area contributed by atoms with E-state index in [0.29, 0.717) is 37.3 Å². The molecule has 0 atom stereocenters. The van der Waals surface area contributed by atoms with Crippen LogP contribution in [0.1, 0.15) is 45.4 Å². The van der Waals surface area contributed by atoms with E-state index in [9.17, 15) is 4.79 Å². The maximum atomic E-state index is 11.9. The van der Waals surface area contributed by atoms with Crippen molar-refractivity contribution < 1.29 is 14.3 Å². The first-order chi connectivity index (χ1) is 11.3. The van der Waals surface area contributed by atoms with E-state index in [1.165, 1.54) is 32.1 Å². The van der Waals surface area contributed by atoms with Crippen LogP contribution in [0.5, 0.6) is 5.75 Å². The van der Waals surface area contributed by atoms with E-state index in [-0.39, 0.29) is 6.03 Å². The molecule has 0 heterocycles. The minimum atomic E-state index is -0.213.